The summed E-state index contributed by atoms with van der Waals surface area (Å²) in [6, 6.07) is 9.16. The number of nitrogens with one attached hydrogen (secondary N) is 2. The normalized spacial score (nSPS) is 18.3. The molecule has 2 aromatic heterocycles. The second kappa shape index (κ2) is 7.28. The lowest BCUT2D eigenvalue weighted by Crippen LogP contribution is -2.18. The molecule has 0 aromatic carbocycles. The third-order valence-electron chi connectivity index (χ3n) is 5.10. The highest BCUT2D eigenvalue weighted by Crippen LogP contribution is 2.28. The molecule has 0 amide bonds. The second-order valence-corrected chi connectivity index (χ2v) is 7.32. The zero-order valence-electron chi connectivity index (χ0n) is 15.1. The number of hydrogen-bond acceptors (Lipinski definition) is 6. The van der Waals surface area contributed by atoms with Gasteiger partial charge in [0.2, 0.25) is 5.95 Å². The summed E-state index contributed by atoms with van der Waals surface area (Å²) in [5.74, 6) is 0.953. The summed E-state index contributed by atoms with van der Waals surface area (Å²) in [5.41, 5.74) is 2.38. The maximum atomic E-state index is 9.83. The van der Waals surface area contributed by atoms with E-state index >= 15 is 0 Å². The van der Waals surface area contributed by atoms with Gasteiger partial charge in [0.25, 0.3) is 0 Å². The topological polar surface area (TPSA) is 86.5 Å². The maximum absolute atomic E-state index is 9.83. The summed E-state index contributed by atoms with van der Waals surface area (Å²) >= 11 is 0. The lowest BCUT2D eigenvalue weighted by molar-refractivity contribution is 0.739. The van der Waals surface area contributed by atoms with Crippen molar-refractivity contribution in [1.29, 1.82) is 5.26 Å². The van der Waals surface area contributed by atoms with Crippen molar-refractivity contribution in [2.75, 3.05) is 10.6 Å². The molecule has 6 nitrogen and oxygen atoms in total. The Morgan fingerprint density at radius 2 is 1.85 bits per heavy atom. The van der Waals surface area contributed by atoms with Gasteiger partial charge < -0.3 is 10.6 Å². The van der Waals surface area contributed by atoms with Crippen molar-refractivity contribution in [3.63, 3.8) is 0 Å². The summed E-state index contributed by atoms with van der Waals surface area (Å²) in [5, 5.41) is 16.6. The molecule has 134 valence electrons. The Balaban J connectivity index is 1.60. The van der Waals surface area contributed by atoms with Gasteiger partial charge in [-0.25, -0.2) is 15.0 Å². The molecule has 2 N–H and O–H groups in total. The van der Waals surface area contributed by atoms with Crippen LogP contribution in [0.1, 0.15) is 61.4 Å². The van der Waals surface area contributed by atoms with E-state index in [-0.39, 0.29) is 0 Å². The van der Waals surface area contributed by atoms with Crippen LogP contribution in [0.15, 0.2) is 24.4 Å². The van der Waals surface area contributed by atoms with Crippen LogP contribution in [0.3, 0.4) is 0 Å². The van der Waals surface area contributed by atoms with Crippen LogP contribution in [0.5, 0.6) is 0 Å². The number of aryl methyl sites for hydroxylation is 1. The van der Waals surface area contributed by atoms with Crippen LogP contribution in [0, 0.1) is 18.3 Å². The van der Waals surface area contributed by atoms with Crippen molar-refractivity contribution >= 4 is 11.8 Å². The molecule has 2 fully saturated rings. The highest BCUT2D eigenvalue weighted by molar-refractivity contribution is 5.43. The van der Waals surface area contributed by atoms with Gasteiger partial charge in [0, 0.05) is 18.3 Å². The smallest absolute Gasteiger partial charge is 0.223 e. The van der Waals surface area contributed by atoms with Gasteiger partial charge in [-0.05, 0) is 50.3 Å². The van der Waals surface area contributed by atoms with Gasteiger partial charge >= 0.3 is 0 Å². The fourth-order valence-corrected chi connectivity index (χ4v) is 3.47. The first-order chi connectivity index (χ1) is 12.7. The summed E-state index contributed by atoms with van der Waals surface area (Å²) in [4.78, 5) is 13.8. The van der Waals surface area contributed by atoms with Gasteiger partial charge in [-0.1, -0.05) is 18.9 Å². The van der Waals surface area contributed by atoms with Gasteiger partial charge in [-0.15, -0.1) is 0 Å². The van der Waals surface area contributed by atoms with E-state index < -0.39 is 5.92 Å². The summed E-state index contributed by atoms with van der Waals surface area (Å²) in [6.07, 6.45) is 9.00. The Labute approximate surface area is 154 Å². The maximum Gasteiger partial charge on any atom is 0.223 e. The Hall–Kier alpha value is -2.68. The van der Waals surface area contributed by atoms with E-state index in [0.29, 0.717) is 18.0 Å². The monoisotopic (exact) mass is 348 g/mol. The van der Waals surface area contributed by atoms with Gasteiger partial charge in [-0.3, -0.25) is 0 Å². The fraction of sp³-hybridized carbons (Fsp3) is 0.500. The van der Waals surface area contributed by atoms with Crippen LogP contribution in [0.4, 0.5) is 11.8 Å². The lowest BCUT2D eigenvalue weighted by Gasteiger charge is -2.16. The minimum atomic E-state index is -0.497. The van der Waals surface area contributed by atoms with E-state index in [1.165, 1.54) is 25.7 Å². The molecule has 6 heteroatoms. The fourth-order valence-electron chi connectivity index (χ4n) is 3.47. The van der Waals surface area contributed by atoms with Crippen LogP contribution in [-0.4, -0.2) is 27.0 Å². The standard InChI is InChI=1S/C20H24N6/c1-13-12-22-20(24-14-5-2-3-6-14)26-19(13)16(11-21)17-7-4-8-18(25-17)23-15-9-10-15/h4,7-8,12,14-16H,2-3,5-6,9-10H2,1H3,(H,23,25)(H,22,24,26). The van der Waals surface area contributed by atoms with Crippen LogP contribution < -0.4 is 10.6 Å². The van der Waals surface area contributed by atoms with Gasteiger partial charge in [-0.2, -0.15) is 5.26 Å². The Morgan fingerprint density at radius 1 is 1.08 bits per heavy atom. The van der Waals surface area contributed by atoms with Crippen LogP contribution in [-0.2, 0) is 0 Å². The molecule has 1 unspecified atom stereocenters. The molecule has 4 rings (SSSR count). The lowest BCUT2D eigenvalue weighted by atomic mass is 9.99. The molecule has 0 spiro atoms. The number of nitrogens with zero attached hydrogens (tertiary/aromatic N) is 4. The van der Waals surface area contributed by atoms with E-state index in [1.807, 2.05) is 25.1 Å². The van der Waals surface area contributed by atoms with E-state index in [4.69, 9.17) is 0 Å². The van der Waals surface area contributed by atoms with Crippen LogP contribution >= 0.6 is 0 Å². The first-order valence-electron chi connectivity index (χ1n) is 9.46. The number of hydrogen-bond donors (Lipinski definition) is 2. The molecular formula is C20H24N6. The quantitative estimate of drug-likeness (QED) is 0.826. The van der Waals surface area contributed by atoms with Gasteiger partial charge in [0.15, 0.2) is 0 Å². The molecule has 2 saturated carbocycles. The van der Waals surface area contributed by atoms with Gasteiger partial charge in [0.05, 0.1) is 17.5 Å². The number of aromatic nitrogens is 3. The van der Waals surface area contributed by atoms with Gasteiger partial charge in [0.1, 0.15) is 11.7 Å². The Morgan fingerprint density at radius 3 is 2.58 bits per heavy atom. The van der Waals surface area contributed by atoms with Crippen molar-refractivity contribution < 1.29 is 0 Å². The van der Waals surface area contributed by atoms with E-state index in [0.717, 1.165) is 35.6 Å². The van der Waals surface area contributed by atoms with Crippen molar-refractivity contribution in [3.8, 4) is 6.07 Å². The van der Waals surface area contributed by atoms with Crippen LogP contribution in [0.2, 0.25) is 0 Å². The van der Waals surface area contributed by atoms with Crippen molar-refractivity contribution in [1.82, 2.24) is 15.0 Å². The average Bonchev–Trinajstić information content (AvgIpc) is 3.31. The molecule has 2 aliphatic carbocycles. The number of nitriles is 1. The van der Waals surface area contributed by atoms with Crippen LogP contribution in [0.25, 0.3) is 0 Å². The predicted molar refractivity (Wildman–Crippen MR) is 101 cm³/mol. The molecular weight excluding hydrogens is 324 g/mol. The Kier molecular flexibility index (Phi) is 4.70. The second-order valence-electron chi connectivity index (χ2n) is 7.32. The summed E-state index contributed by atoms with van der Waals surface area (Å²) < 4.78 is 0. The third-order valence-corrected chi connectivity index (χ3v) is 5.10. The first kappa shape index (κ1) is 16.8. The highest BCUT2D eigenvalue weighted by Gasteiger charge is 2.24. The first-order valence-corrected chi connectivity index (χ1v) is 9.46. The minimum absolute atomic E-state index is 0.440. The van der Waals surface area contributed by atoms with Crippen molar-refractivity contribution in [2.45, 2.75) is 63.5 Å². The summed E-state index contributed by atoms with van der Waals surface area (Å²) in [7, 11) is 0. The molecule has 0 saturated heterocycles. The largest absolute Gasteiger partial charge is 0.367 e. The number of pyridine rings is 1. The predicted octanol–water partition coefficient (Wildman–Crippen LogP) is 3.76. The molecule has 2 aromatic rings. The molecule has 0 aliphatic heterocycles. The highest BCUT2D eigenvalue weighted by atomic mass is 15.1. The summed E-state index contributed by atoms with van der Waals surface area (Å²) in [6.45, 7) is 1.95. The molecule has 26 heavy (non-hydrogen) atoms. The zero-order valence-corrected chi connectivity index (χ0v) is 15.1. The van der Waals surface area contributed by atoms with E-state index in [2.05, 4.69) is 31.7 Å². The molecule has 2 aliphatic rings. The van der Waals surface area contributed by atoms with Crippen molar-refractivity contribution in [3.05, 3.63) is 41.3 Å². The molecule has 1 atom stereocenters. The molecule has 0 radical (unpaired) electrons. The third kappa shape index (κ3) is 3.77. The zero-order chi connectivity index (χ0) is 17.9. The number of anilines is 2. The molecule has 0 bridgehead atoms. The number of rotatable bonds is 6. The Bertz CT molecular complexity index is 817. The van der Waals surface area contributed by atoms with Crippen molar-refractivity contribution in [2.24, 2.45) is 0 Å². The van der Waals surface area contributed by atoms with E-state index in [1.54, 1.807) is 6.20 Å². The average molecular weight is 348 g/mol. The minimum Gasteiger partial charge on any atom is -0.367 e. The van der Waals surface area contributed by atoms with E-state index in [9.17, 15) is 5.26 Å². The molecule has 2 heterocycles. The SMILES string of the molecule is Cc1cnc(NC2CCCC2)nc1C(C#N)c1cccc(NC2CC2)n1.